The van der Waals surface area contributed by atoms with E-state index in [2.05, 4.69) is 16.3 Å². The second-order valence-corrected chi connectivity index (χ2v) is 7.06. The highest BCUT2D eigenvalue weighted by Crippen LogP contribution is 2.22. The standard InChI is InChI=1S/C21H25ClN2O2/c1-2-26-20-8-6-19(7-9-20)23-21(25)17-10-12-24(13-11-17)15-16-4-3-5-18(22)14-16/h3-9,14,17H,2,10-13,15H2,1H3,(H,23,25). The molecule has 4 nitrogen and oxygen atoms in total. The zero-order valence-electron chi connectivity index (χ0n) is 15.1. The maximum absolute atomic E-state index is 12.5. The number of nitrogens with one attached hydrogen (secondary N) is 1. The van der Waals surface area contributed by atoms with E-state index in [0.717, 1.165) is 48.9 Å². The zero-order valence-corrected chi connectivity index (χ0v) is 15.8. The fraction of sp³-hybridized carbons (Fsp3) is 0.381. The lowest BCUT2D eigenvalue weighted by molar-refractivity contribution is -0.121. The van der Waals surface area contributed by atoms with Gasteiger partial charge in [-0.15, -0.1) is 0 Å². The van der Waals surface area contributed by atoms with Crippen LogP contribution in [0.4, 0.5) is 5.69 Å². The van der Waals surface area contributed by atoms with Crippen molar-refractivity contribution in [2.24, 2.45) is 5.92 Å². The molecule has 0 spiro atoms. The molecule has 138 valence electrons. The summed E-state index contributed by atoms with van der Waals surface area (Å²) in [6.07, 6.45) is 1.76. The van der Waals surface area contributed by atoms with Crippen LogP contribution >= 0.6 is 11.6 Å². The topological polar surface area (TPSA) is 41.6 Å². The zero-order chi connectivity index (χ0) is 18.4. The van der Waals surface area contributed by atoms with Crippen LogP contribution in [0.25, 0.3) is 0 Å². The smallest absolute Gasteiger partial charge is 0.227 e. The molecule has 2 aromatic rings. The molecule has 0 bridgehead atoms. The Morgan fingerprint density at radius 2 is 1.92 bits per heavy atom. The van der Waals surface area contributed by atoms with E-state index in [4.69, 9.17) is 16.3 Å². The first-order valence-electron chi connectivity index (χ1n) is 9.14. The van der Waals surface area contributed by atoms with Gasteiger partial charge in [-0.2, -0.15) is 0 Å². The van der Waals surface area contributed by atoms with Crippen LogP contribution in [0, 0.1) is 5.92 Å². The fourth-order valence-electron chi connectivity index (χ4n) is 3.29. The molecule has 2 aromatic carbocycles. The molecule has 1 amide bonds. The number of nitrogens with zero attached hydrogens (tertiary/aromatic N) is 1. The van der Waals surface area contributed by atoms with E-state index in [9.17, 15) is 4.79 Å². The number of carbonyl (C=O) groups is 1. The molecule has 5 heteroatoms. The van der Waals surface area contributed by atoms with Crippen molar-refractivity contribution in [1.29, 1.82) is 0 Å². The molecule has 0 unspecified atom stereocenters. The van der Waals surface area contributed by atoms with Gasteiger partial charge in [0, 0.05) is 23.2 Å². The molecule has 0 atom stereocenters. The third-order valence-electron chi connectivity index (χ3n) is 4.69. The summed E-state index contributed by atoms with van der Waals surface area (Å²) in [6.45, 7) is 5.32. The SMILES string of the molecule is CCOc1ccc(NC(=O)C2CCN(Cc3cccc(Cl)c3)CC2)cc1. The lowest BCUT2D eigenvalue weighted by Crippen LogP contribution is -2.37. The molecule has 1 saturated heterocycles. The van der Waals surface area contributed by atoms with Gasteiger partial charge in [0.1, 0.15) is 5.75 Å². The Morgan fingerprint density at radius 1 is 1.19 bits per heavy atom. The molecule has 0 aliphatic carbocycles. The summed E-state index contributed by atoms with van der Waals surface area (Å²) >= 11 is 6.05. The Kier molecular flexibility index (Phi) is 6.53. The first-order valence-corrected chi connectivity index (χ1v) is 9.52. The normalized spacial score (nSPS) is 15.6. The number of hydrogen-bond acceptors (Lipinski definition) is 3. The molecule has 1 N–H and O–H groups in total. The highest BCUT2D eigenvalue weighted by Gasteiger charge is 2.25. The summed E-state index contributed by atoms with van der Waals surface area (Å²) in [5, 5.41) is 3.79. The average molecular weight is 373 g/mol. The van der Waals surface area contributed by atoms with E-state index in [1.165, 1.54) is 5.56 Å². The lowest BCUT2D eigenvalue weighted by atomic mass is 9.95. The molecule has 26 heavy (non-hydrogen) atoms. The van der Waals surface area contributed by atoms with Gasteiger partial charge in [-0.3, -0.25) is 9.69 Å². The number of likely N-dealkylation sites (tertiary alicyclic amines) is 1. The largest absolute Gasteiger partial charge is 0.494 e. The minimum absolute atomic E-state index is 0.0668. The molecule has 1 fully saturated rings. The van der Waals surface area contributed by atoms with Gasteiger partial charge in [0.2, 0.25) is 5.91 Å². The highest BCUT2D eigenvalue weighted by atomic mass is 35.5. The fourth-order valence-corrected chi connectivity index (χ4v) is 3.51. The third kappa shape index (κ3) is 5.23. The summed E-state index contributed by atoms with van der Waals surface area (Å²) < 4.78 is 5.42. The third-order valence-corrected chi connectivity index (χ3v) is 4.92. The van der Waals surface area contributed by atoms with Crippen molar-refractivity contribution < 1.29 is 9.53 Å². The summed E-state index contributed by atoms with van der Waals surface area (Å²) in [4.78, 5) is 14.9. The number of carbonyl (C=O) groups excluding carboxylic acids is 1. The van der Waals surface area contributed by atoms with Crippen molar-refractivity contribution in [3.8, 4) is 5.75 Å². The van der Waals surface area contributed by atoms with Gasteiger partial charge in [0.25, 0.3) is 0 Å². The van der Waals surface area contributed by atoms with Crippen molar-refractivity contribution in [1.82, 2.24) is 4.90 Å². The first kappa shape index (κ1) is 18.7. The van der Waals surface area contributed by atoms with Gasteiger partial charge in [0.05, 0.1) is 6.61 Å². The van der Waals surface area contributed by atoms with Gasteiger partial charge in [0.15, 0.2) is 0 Å². The average Bonchev–Trinajstić information content (AvgIpc) is 2.64. The van der Waals surface area contributed by atoms with Gasteiger partial charge in [-0.05, 0) is 74.8 Å². The number of halogens is 1. The molecule has 1 aliphatic heterocycles. The molecule has 1 aliphatic rings. The van der Waals surface area contributed by atoms with E-state index >= 15 is 0 Å². The molecule has 0 radical (unpaired) electrons. The monoisotopic (exact) mass is 372 g/mol. The van der Waals surface area contributed by atoms with Crippen LogP contribution in [0.15, 0.2) is 48.5 Å². The number of ether oxygens (including phenoxy) is 1. The van der Waals surface area contributed by atoms with E-state index in [-0.39, 0.29) is 11.8 Å². The van der Waals surface area contributed by atoms with E-state index in [1.807, 2.05) is 49.4 Å². The van der Waals surface area contributed by atoms with E-state index < -0.39 is 0 Å². The molecular weight excluding hydrogens is 348 g/mol. The predicted molar refractivity (Wildman–Crippen MR) is 106 cm³/mol. The Hall–Kier alpha value is -2.04. The predicted octanol–water partition coefficient (Wildman–Crippen LogP) is 4.59. The molecule has 0 saturated carbocycles. The van der Waals surface area contributed by atoms with Crippen LogP contribution in [0.1, 0.15) is 25.3 Å². The van der Waals surface area contributed by atoms with Crippen molar-refractivity contribution >= 4 is 23.2 Å². The molecule has 3 rings (SSSR count). The Labute approximate surface area is 160 Å². The van der Waals surface area contributed by atoms with Gasteiger partial charge >= 0.3 is 0 Å². The lowest BCUT2D eigenvalue weighted by Gasteiger charge is -2.31. The van der Waals surface area contributed by atoms with Crippen molar-refractivity contribution in [3.63, 3.8) is 0 Å². The minimum atomic E-state index is 0.0668. The minimum Gasteiger partial charge on any atom is -0.494 e. The summed E-state index contributed by atoms with van der Waals surface area (Å²) in [5.41, 5.74) is 2.04. The number of benzene rings is 2. The van der Waals surface area contributed by atoms with Crippen LogP contribution in [-0.2, 0) is 11.3 Å². The number of hydrogen-bond donors (Lipinski definition) is 1. The van der Waals surface area contributed by atoms with Crippen LogP contribution in [0.5, 0.6) is 5.75 Å². The first-order chi connectivity index (χ1) is 12.6. The Morgan fingerprint density at radius 3 is 2.58 bits per heavy atom. The number of piperidine rings is 1. The summed E-state index contributed by atoms with van der Waals surface area (Å²) in [5.74, 6) is 0.994. The second-order valence-electron chi connectivity index (χ2n) is 6.63. The number of amides is 1. The van der Waals surface area contributed by atoms with Crippen LogP contribution in [0.3, 0.4) is 0 Å². The van der Waals surface area contributed by atoms with Crippen molar-refractivity contribution in [2.45, 2.75) is 26.3 Å². The van der Waals surface area contributed by atoms with Crippen LogP contribution in [-0.4, -0.2) is 30.5 Å². The maximum atomic E-state index is 12.5. The summed E-state index contributed by atoms with van der Waals surface area (Å²) in [7, 11) is 0. The molecular formula is C21H25ClN2O2. The van der Waals surface area contributed by atoms with Gasteiger partial charge < -0.3 is 10.1 Å². The van der Waals surface area contributed by atoms with Gasteiger partial charge in [-0.1, -0.05) is 23.7 Å². The van der Waals surface area contributed by atoms with E-state index in [1.54, 1.807) is 0 Å². The maximum Gasteiger partial charge on any atom is 0.227 e. The highest BCUT2D eigenvalue weighted by molar-refractivity contribution is 6.30. The van der Waals surface area contributed by atoms with Crippen molar-refractivity contribution in [2.75, 3.05) is 25.0 Å². The Balaban J connectivity index is 1.47. The summed E-state index contributed by atoms with van der Waals surface area (Å²) in [6, 6.07) is 15.5. The number of anilines is 1. The molecule has 0 aromatic heterocycles. The van der Waals surface area contributed by atoms with Crippen LogP contribution < -0.4 is 10.1 Å². The quantitative estimate of drug-likeness (QED) is 0.806. The van der Waals surface area contributed by atoms with Crippen LogP contribution in [0.2, 0.25) is 5.02 Å². The second kappa shape index (κ2) is 9.06. The number of rotatable bonds is 6. The molecule has 1 heterocycles. The van der Waals surface area contributed by atoms with Gasteiger partial charge in [-0.25, -0.2) is 0 Å². The van der Waals surface area contributed by atoms with E-state index in [0.29, 0.717) is 6.61 Å². The van der Waals surface area contributed by atoms with Crippen molar-refractivity contribution in [3.05, 3.63) is 59.1 Å². The Bertz CT molecular complexity index is 725.